The number of aryl methyl sites for hydroxylation is 1. The standard InChI is InChI=1S/C9H11ClN4S/c1-14-5-3-7(13-14)2-4-11-9-12-8(10)6-15-9/h3,5-6H,2,4H2,1H3,(H,11,12). The lowest BCUT2D eigenvalue weighted by atomic mass is 10.3. The Morgan fingerprint density at radius 2 is 2.47 bits per heavy atom. The average molecular weight is 243 g/mol. The van der Waals surface area contributed by atoms with Crippen molar-refractivity contribution in [2.75, 3.05) is 11.9 Å². The van der Waals surface area contributed by atoms with Crippen LogP contribution < -0.4 is 5.32 Å². The fourth-order valence-electron chi connectivity index (χ4n) is 1.23. The summed E-state index contributed by atoms with van der Waals surface area (Å²) in [4.78, 5) is 4.09. The summed E-state index contributed by atoms with van der Waals surface area (Å²) in [6.45, 7) is 0.820. The molecule has 4 nitrogen and oxygen atoms in total. The summed E-state index contributed by atoms with van der Waals surface area (Å²) in [5.74, 6) is 0. The molecule has 0 spiro atoms. The molecule has 0 aliphatic heterocycles. The van der Waals surface area contributed by atoms with E-state index in [1.54, 1.807) is 4.68 Å². The van der Waals surface area contributed by atoms with Gasteiger partial charge in [0.05, 0.1) is 5.69 Å². The average Bonchev–Trinajstić information content (AvgIpc) is 2.76. The predicted molar refractivity (Wildman–Crippen MR) is 62.5 cm³/mol. The first kappa shape index (κ1) is 10.4. The van der Waals surface area contributed by atoms with Gasteiger partial charge in [0.25, 0.3) is 0 Å². The molecule has 0 unspecified atom stereocenters. The summed E-state index contributed by atoms with van der Waals surface area (Å²) < 4.78 is 1.80. The SMILES string of the molecule is Cn1ccc(CCNc2nc(Cl)cs2)n1. The minimum atomic E-state index is 0.542. The van der Waals surface area contributed by atoms with E-state index >= 15 is 0 Å². The van der Waals surface area contributed by atoms with Gasteiger partial charge < -0.3 is 5.32 Å². The molecule has 1 N–H and O–H groups in total. The minimum absolute atomic E-state index is 0.542. The van der Waals surface area contributed by atoms with E-state index in [1.165, 1.54) is 11.3 Å². The second-order valence-electron chi connectivity index (χ2n) is 3.13. The number of hydrogen-bond donors (Lipinski definition) is 1. The highest BCUT2D eigenvalue weighted by Gasteiger charge is 2.00. The van der Waals surface area contributed by atoms with Gasteiger partial charge in [-0.25, -0.2) is 4.98 Å². The number of nitrogens with one attached hydrogen (secondary N) is 1. The maximum Gasteiger partial charge on any atom is 0.184 e. The molecular weight excluding hydrogens is 232 g/mol. The smallest absolute Gasteiger partial charge is 0.184 e. The number of halogens is 1. The molecule has 2 aromatic rings. The summed E-state index contributed by atoms with van der Waals surface area (Å²) in [5.41, 5.74) is 1.08. The topological polar surface area (TPSA) is 42.7 Å². The number of rotatable bonds is 4. The first-order valence-electron chi connectivity index (χ1n) is 4.57. The number of anilines is 1. The van der Waals surface area contributed by atoms with Crippen LogP contribution in [0.3, 0.4) is 0 Å². The molecule has 15 heavy (non-hydrogen) atoms. The first-order valence-corrected chi connectivity index (χ1v) is 5.83. The zero-order valence-corrected chi connectivity index (χ0v) is 9.85. The van der Waals surface area contributed by atoms with E-state index in [9.17, 15) is 0 Å². The quantitative estimate of drug-likeness (QED) is 0.894. The van der Waals surface area contributed by atoms with Gasteiger partial charge in [-0.2, -0.15) is 5.10 Å². The van der Waals surface area contributed by atoms with Crippen molar-refractivity contribution < 1.29 is 0 Å². The Morgan fingerprint density at radius 3 is 3.07 bits per heavy atom. The van der Waals surface area contributed by atoms with Gasteiger partial charge in [-0.3, -0.25) is 4.68 Å². The van der Waals surface area contributed by atoms with Crippen LogP contribution in [0.2, 0.25) is 5.15 Å². The maximum absolute atomic E-state index is 5.70. The van der Waals surface area contributed by atoms with Crippen molar-refractivity contribution in [3.8, 4) is 0 Å². The summed E-state index contributed by atoms with van der Waals surface area (Å²) in [6, 6.07) is 2.01. The van der Waals surface area contributed by atoms with Crippen LogP contribution in [0.15, 0.2) is 17.6 Å². The Balaban J connectivity index is 1.80. The lowest BCUT2D eigenvalue weighted by molar-refractivity contribution is 0.742. The van der Waals surface area contributed by atoms with Gasteiger partial charge in [-0.15, -0.1) is 11.3 Å². The van der Waals surface area contributed by atoms with Crippen molar-refractivity contribution in [3.05, 3.63) is 28.5 Å². The van der Waals surface area contributed by atoms with Crippen molar-refractivity contribution >= 4 is 28.1 Å². The van der Waals surface area contributed by atoms with Crippen molar-refractivity contribution in [3.63, 3.8) is 0 Å². The first-order chi connectivity index (χ1) is 7.24. The second kappa shape index (κ2) is 4.63. The Bertz CT molecular complexity index is 397. The molecule has 2 heterocycles. The molecule has 0 aromatic carbocycles. The van der Waals surface area contributed by atoms with Gasteiger partial charge in [0.15, 0.2) is 5.13 Å². The normalized spacial score (nSPS) is 10.5. The molecule has 0 saturated carbocycles. The Labute approximate surface area is 96.9 Å². The molecule has 80 valence electrons. The number of hydrogen-bond acceptors (Lipinski definition) is 4. The largest absolute Gasteiger partial charge is 0.361 e. The molecule has 0 atom stereocenters. The highest BCUT2D eigenvalue weighted by molar-refractivity contribution is 7.14. The van der Waals surface area contributed by atoms with E-state index in [4.69, 9.17) is 11.6 Å². The highest BCUT2D eigenvalue weighted by Crippen LogP contribution is 2.18. The van der Waals surface area contributed by atoms with E-state index in [0.29, 0.717) is 5.15 Å². The van der Waals surface area contributed by atoms with Gasteiger partial charge in [-0.1, -0.05) is 11.6 Å². The molecule has 2 aromatic heterocycles. The number of thiazole rings is 1. The van der Waals surface area contributed by atoms with Gasteiger partial charge in [0.1, 0.15) is 5.15 Å². The molecule has 0 aliphatic carbocycles. The fraction of sp³-hybridized carbons (Fsp3) is 0.333. The van der Waals surface area contributed by atoms with Crippen LogP contribution in [0.5, 0.6) is 0 Å². The molecule has 2 rings (SSSR count). The molecule has 0 bridgehead atoms. The number of nitrogens with zero attached hydrogens (tertiary/aromatic N) is 3. The molecular formula is C9H11ClN4S. The summed E-state index contributed by atoms with van der Waals surface area (Å²) >= 11 is 7.21. The van der Waals surface area contributed by atoms with E-state index in [1.807, 2.05) is 24.7 Å². The summed E-state index contributed by atoms with van der Waals surface area (Å²) in [6.07, 6.45) is 2.83. The van der Waals surface area contributed by atoms with Gasteiger partial charge in [0, 0.05) is 31.6 Å². The van der Waals surface area contributed by atoms with E-state index in [0.717, 1.165) is 23.8 Å². The maximum atomic E-state index is 5.70. The van der Waals surface area contributed by atoms with Gasteiger partial charge in [-0.05, 0) is 6.07 Å². The molecule has 0 aliphatic rings. The predicted octanol–water partition coefficient (Wildman–Crippen LogP) is 2.18. The van der Waals surface area contributed by atoms with Gasteiger partial charge >= 0.3 is 0 Å². The molecule has 0 saturated heterocycles. The molecule has 0 fully saturated rings. The van der Waals surface area contributed by atoms with Crippen LogP contribution in [0.1, 0.15) is 5.69 Å². The van der Waals surface area contributed by atoms with Crippen molar-refractivity contribution in [1.82, 2.24) is 14.8 Å². The van der Waals surface area contributed by atoms with E-state index in [2.05, 4.69) is 15.4 Å². The minimum Gasteiger partial charge on any atom is -0.361 e. The monoisotopic (exact) mass is 242 g/mol. The van der Waals surface area contributed by atoms with Crippen LogP contribution in [-0.4, -0.2) is 21.3 Å². The lowest BCUT2D eigenvalue weighted by Crippen LogP contribution is -2.05. The highest BCUT2D eigenvalue weighted by atomic mass is 35.5. The zero-order chi connectivity index (χ0) is 10.7. The molecule has 0 amide bonds. The summed E-state index contributed by atoms with van der Waals surface area (Å²) in [5, 5.41) is 10.7. The van der Waals surface area contributed by atoms with Crippen LogP contribution in [0, 0.1) is 0 Å². The Hall–Kier alpha value is -1.07. The van der Waals surface area contributed by atoms with Crippen LogP contribution >= 0.6 is 22.9 Å². The van der Waals surface area contributed by atoms with Crippen LogP contribution in [0.4, 0.5) is 5.13 Å². The van der Waals surface area contributed by atoms with Crippen molar-refractivity contribution in [2.24, 2.45) is 7.05 Å². The molecule has 6 heteroatoms. The van der Waals surface area contributed by atoms with E-state index < -0.39 is 0 Å². The third-order valence-corrected chi connectivity index (χ3v) is 3.03. The Kier molecular flexibility index (Phi) is 3.23. The van der Waals surface area contributed by atoms with Crippen LogP contribution in [-0.2, 0) is 13.5 Å². The zero-order valence-electron chi connectivity index (χ0n) is 8.27. The fourth-order valence-corrected chi connectivity index (χ4v) is 2.10. The second-order valence-corrected chi connectivity index (χ2v) is 4.38. The van der Waals surface area contributed by atoms with Gasteiger partial charge in [0.2, 0.25) is 0 Å². The third kappa shape index (κ3) is 2.94. The third-order valence-electron chi connectivity index (χ3n) is 1.90. The Morgan fingerprint density at radius 1 is 1.60 bits per heavy atom. The lowest BCUT2D eigenvalue weighted by Gasteiger charge is -1.99. The summed E-state index contributed by atoms with van der Waals surface area (Å²) in [7, 11) is 1.91. The molecule has 0 radical (unpaired) electrons. The van der Waals surface area contributed by atoms with Crippen molar-refractivity contribution in [1.29, 1.82) is 0 Å². The van der Waals surface area contributed by atoms with E-state index in [-0.39, 0.29) is 0 Å². The van der Waals surface area contributed by atoms with Crippen molar-refractivity contribution in [2.45, 2.75) is 6.42 Å². The number of aromatic nitrogens is 3. The van der Waals surface area contributed by atoms with Crippen LogP contribution in [0.25, 0.3) is 0 Å².